The molecule has 0 saturated heterocycles. The quantitative estimate of drug-likeness (QED) is 0.539. The molecule has 0 atom stereocenters. The van der Waals surface area contributed by atoms with Gasteiger partial charge in [0.05, 0.1) is 0 Å². The molecular weight excluding hydrogens is 240 g/mol. The molecule has 0 aromatic rings. The Morgan fingerprint density at radius 3 is 1.89 bits per heavy atom. The maximum absolute atomic E-state index is 11.4. The Morgan fingerprint density at radius 2 is 1.50 bits per heavy atom. The van der Waals surface area contributed by atoms with E-state index in [9.17, 15) is 19.2 Å². The zero-order chi connectivity index (χ0) is 14.5. The Labute approximate surface area is 105 Å². The van der Waals surface area contributed by atoms with Gasteiger partial charge in [0.1, 0.15) is 5.60 Å². The standard InChI is InChI=1S/C12H18O6/c1-7(2)12(3,4)18-11(17)9(14)6-5-8(13)10(15)16/h7H,5-6H2,1-4H3,(H,15,16). The lowest BCUT2D eigenvalue weighted by Gasteiger charge is -2.28. The fraction of sp³-hybridized carbons (Fsp3) is 0.667. The second kappa shape index (κ2) is 6.28. The molecule has 1 N–H and O–H groups in total. The molecule has 6 heteroatoms. The van der Waals surface area contributed by atoms with E-state index < -0.39 is 41.9 Å². The van der Waals surface area contributed by atoms with Crippen molar-refractivity contribution in [3.8, 4) is 0 Å². The number of esters is 1. The number of aliphatic carboxylic acids is 1. The van der Waals surface area contributed by atoms with Crippen molar-refractivity contribution in [2.75, 3.05) is 0 Å². The van der Waals surface area contributed by atoms with Crippen LogP contribution >= 0.6 is 0 Å². The number of carbonyl (C=O) groups excluding carboxylic acids is 3. The van der Waals surface area contributed by atoms with Crippen molar-refractivity contribution >= 4 is 23.5 Å². The van der Waals surface area contributed by atoms with Gasteiger partial charge in [0.25, 0.3) is 0 Å². The molecule has 0 aliphatic heterocycles. The zero-order valence-corrected chi connectivity index (χ0v) is 11.0. The van der Waals surface area contributed by atoms with Crippen LogP contribution in [0.3, 0.4) is 0 Å². The molecule has 0 saturated carbocycles. The molecule has 6 nitrogen and oxygen atoms in total. The third-order valence-electron chi connectivity index (χ3n) is 2.79. The first-order valence-corrected chi connectivity index (χ1v) is 5.60. The van der Waals surface area contributed by atoms with Crippen molar-refractivity contribution < 1.29 is 29.0 Å². The van der Waals surface area contributed by atoms with Gasteiger partial charge in [-0.2, -0.15) is 0 Å². The van der Waals surface area contributed by atoms with E-state index in [0.29, 0.717) is 0 Å². The number of rotatable bonds is 7. The molecule has 0 radical (unpaired) electrons. The van der Waals surface area contributed by atoms with Crippen LogP contribution in [0.4, 0.5) is 0 Å². The Kier molecular flexibility index (Phi) is 5.68. The van der Waals surface area contributed by atoms with E-state index in [1.807, 2.05) is 13.8 Å². The zero-order valence-electron chi connectivity index (χ0n) is 11.0. The molecule has 0 rings (SSSR count). The first kappa shape index (κ1) is 16.3. The summed E-state index contributed by atoms with van der Waals surface area (Å²) in [6.07, 6.45) is -0.941. The van der Waals surface area contributed by atoms with Gasteiger partial charge >= 0.3 is 11.9 Å². The molecule has 0 aliphatic carbocycles. The molecule has 0 aliphatic rings. The van der Waals surface area contributed by atoms with Crippen LogP contribution in [0, 0.1) is 5.92 Å². The fourth-order valence-electron chi connectivity index (χ4n) is 0.850. The number of hydrogen-bond acceptors (Lipinski definition) is 5. The van der Waals surface area contributed by atoms with Crippen molar-refractivity contribution in [2.24, 2.45) is 5.92 Å². The average Bonchev–Trinajstić information content (AvgIpc) is 2.24. The number of ketones is 2. The molecule has 0 unspecified atom stereocenters. The lowest BCUT2D eigenvalue weighted by Crippen LogP contribution is -2.36. The monoisotopic (exact) mass is 258 g/mol. The third-order valence-corrected chi connectivity index (χ3v) is 2.79. The Morgan fingerprint density at radius 1 is 1.06 bits per heavy atom. The molecular formula is C12H18O6. The molecule has 102 valence electrons. The Bertz CT molecular complexity index is 367. The average molecular weight is 258 g/mol. The minimum atomic E-state index is -1.61. The molecule has 0 aromatic heterocycles. The fourth-order valence-corrected chi connectivity index (χ4v) is 0.850. The highest BCUT2D eigenvalue weighted by Gasteiger charge is 2.30. The minimum Gasteiger partial charge on any atom is -0.476 e. The van der Waals surface area contributed by atoms with Crippen LogP contribution in [0.15, 0.2) is 0 Å². The van der Waals surface area contributed by atoms with Crippen molar-refractivity contribution in [3.63, 3.8) is 0 Å². The molecule has 0 fully saturated rings. The predicted molar refractivity (Wildman–Crippen MR) is 61.9 cm³/mol. The number of carboxylic acids is 1. The summed E-state index contributed by atoms with van der Waals surface area (Å²) in [6, 6.07) is 0. The second-order valence-corrected chi connectivity index (χ2v) is 4.80. The number of carbonyl (C=O) groups is 4. The third kappa shape index (κ3) is 5.07. The Hall–Kier alpha value is -1.72. The van der Waals surface area contributed by atoms with E-state index >= 15 is 0 Å². The van der Waals surface area contributed by atoms with Crippen LogP contribution in [-0.4, -0.2) is 34.2 Å². The van der Waals surface area contributed by atoms with E-state index in [1.54, 1.807) is 13.8 Å². The lowest BCUT2D eigenvalue weighted by molar-refractivity contribution is -0.167. The first-order chi connectivity index (χ1) is 8.08. The number of Topliss-reactive ketones (excluding diaryl/α,β-unsaturated/α-hetero) is 2. The topological polar surface area (TPSA) is 97.7 Å². The first-order valence-electron chi connectivity index (χ1n) is 5.60. The SMILES string of the molecule is CC(C)C(C)(C)OC(=O)C(=O)CCC(=O)C(=O)O. The van der Waals surface area contributed by atoms with Gasteiger partial charge in [-0.05, 0) is 19.8 Å². The highest BCUT2D eigenvalue weighted by Crippen LogP contribution is 2.20. The number of carboxylic acid groups (broad SMARTS) is 1. The van der Waals surface area contributed by atoms with Crippen LogP contribution in [0.2, 0.25) is 0 Å². The summed E-state index contributed by atoms with van der Waals surface area (Å²) in [4.78, 5) is 43.7. The summed E-state index contributed by atoms with van der Waals surface area (Å²) >= 11 is 0. The summed E-state index contributed by atoms with van der Waals surface area (Å²) < 4.78 is 5.01. The van der Waals surface area contributed by atoms with Crippen molar-refractivity contribution in [1.29, 1.82) is 0 Å². The Balaban J connectivity index is 4.33. The van der Waals surface area contributed by atoms with Crippen LogP contribution < -0.4 is 0 Å². The minimum absolute atomic E-state index is 0.0231. The van der Waals surface area contributed by atoms with Gasteiger partial charge in [0.2, 0.25) is 11.6 Å². The molecule has 0 amide bonds. The van der Waals surface area contributed by atoms with Gasteiger partial charge in [-0.15, -0.1) is 0 Å². The normalized spacial score (nSPS) is 11.2. The summed E-state index contributed by atoms with van der Waals surface area (Å²) in [6.45, 7) is 7.02. The van der Waals surface area contributed by atoms with Gasteiger partial charge in [0, 0.05) is 12.8 Å². The predicted octanol–water partition coefficient (Wildman–Crippen LogP) is 0.967. The van der Waals surface area contributed by atoms with Crippen LogP contribution in [0.1, 0.15) is 40.5 Å². The van der Waals surface area contributed by atoms with Gasteiger partial charge in [-0.3, -0.25) is 9.59 Å². The van der Waals surface area contributed by atoms with E-state index in [-0.39, 0.29) is 5.92 Å². The smallest absolute Gasteiger partial charge is 0.375 e. The number of hydrogen-bond donors (Lipinski definition) is 1. The van der Waals surface area contributed by atoms with Gasteiger partial charge in [-0.25, -0.2) is 9.59 Å². The van der Waals surface area contributed by atoms with Crippen LogP contribution in [0.25, 0.3) is 0 Å². The van der Waals surface area contributed by atoms with E-state index in [4.69, 9.17) is 9.84 Å². The summed E-state index contributed by atoms with van der Waals surface area (Å²) in [5.41, 5.74) is -0.788. The van der Waals surface area contributed by atoms with Gasteiger partial charge in [0.15, 0.2) is 0 Å². The summed E-state index contributed by atoms with van der Waals surface area (Å²) in [5.74, 6) is -4.61. The van der Waals surface area contributed by atoms with Gasteiger partial charge in [-0.1, -0.05) is 13.8 Å². The molecule has 0 bridgehead atoms. The van der Waals surface area contributed by atoms with Crippen molar-refractivity contribution in [3.05, 3.63) is 0 Å². The molecule has 0 aromatic carbocycles. The largest absolute Gasteiger partial charge is 0.476 e. The highest BCUT2D eigenvalue weighted by molar-refractivity contribution is 6.36. The molecule has 0 heterocycles. The summed E-state index contributed by atoms with van der Waals surface area (Å²) in [5, 5.41) is 8.32. The highest BCUT2D eigenvalue weighted by atomic mass is 16.6. The number of ether oxygens (including phenoxy) is 1. The van der Waals surface area contributed by atoms with E-state index in [1.165, 1.54) is 0 Å². The maximum Gasteiger partial charge on any atom is 0.375 e. The van der Waals surface area contributed by atoms with Crippen molar-refractivity contribution in [2.45, 2.75) is 46.1 Å². The second-order valence-electron chi connectivity index (χ2n) is 4.80. The van der Waals surface area contributed by atoms with Crippen LogP contribution in [-0.2, 0) is 23.9 Å². The van der Waals surface area contributed by atoms with E-state index in [2.05, 4.69) is 0 Å². The van der Waals surface area contributed by atoms with E-state index in [0.717, 1.165) is 0 Å². The maximum atomic E-state index is 11.4. The van der Waals surface area contributed by atoms with Crippen LogP contribution in [0.5, 0.6) is 0 Å². The molecule has 0 spiro atoms. The van der Waals surface area contributed by atoms with Crippen molar-refractivity contribution in [1.82, 2.24) is 0 Å². The molecule has 18 heavy (non-hydrogen) atoms. The van der Waals surface area contributed by atoms with Gasteiger partial charge < -0.3 is 9.84 Å². The lowest BCUT2D eigenvalue weighted by atomic mass is 9.94. The summed E-state index contributed by atoms with van der Waals surface area (Å²) in [7, 11) is 0.